The molecule has 0 radical (unpaired) electrons. The van der Waals surface area contributed by atoms with Crippen molar-refractivity contribution >= 4 is 22.8 Å². The molecule has 1 aliphatic rings. The average Bonchev–Trinajstić information content (AvgIpc) is 3.14. The van der Waals surface area contributed by atoms with Gasteiger partial charge in [-0.05, 0) is 18.2 Å². The van der Waals surface area contributed by atoms with Crippen LogP contribution in [0.25, 0.3) is 11.0 Å². The predicted molar refractivity (Wildman–Crippen MR) is 104 cm³/mol. The standard InChI is InChI=1S/C19H20F2N6O3/c1-25-16-13(10-24-25)17(23-11-22-16)26-5-7-27(8-6-26)18(28)12-3-4-14(30-19(20)21)15(9-12)29-2/h3-4,9-11,19H,5-8H2,1-2H3. The summed E-state index contributed by atoms with van der Waals surface area (Å²) in [6.07, 6.45) is 3.24. The maximum absolute atomic E-state index is 12.9. The van der Waals surface area contributed by atoms with Crippen LogP contribution in [-0.2, 0) is 7.05 Å². The quantitative estimate of drug-likeness (QED) is 0.626. The Kier molecular flexibility index (Phi) is 5.34. The van der Waals surface area contributed by atoms with Crippen LogP contribution in [0.3, 0.4) is 0 Å². The van der Waals surface area contributed by atoms with E-state index in [9.17, 15) is 13.6 Å². The number of carbonyl (C=O) groups is 1. The summed E-state index contributed by atoms with van der Waals surface area (Å²) in [6, 6.07) is 4.18. The van der Waals surface area contributed by atoms with Crippen molar-refractivity contribution in [2.45, 2.75) is 6.61 Å². The Bertz CT molecular complexity index is 1070. The second kappa shape index (κ2) is 8.09. The van der Waals surface area contributed by atoms with Crippen LogP contribution in [0.2, 0.25) is 0 Å². The highest BCUT2D eigenvalue weighted by Gasteiger charge is 2.25. The Morgan fingerprint density at radius 1 is 1.13 bits per heavy atom. The van der Waals surface area contributed by atoms with Crippen molar-refractivity contribution < 1.29 is 23.0 Å². The lowest BCUT2D eigenvalue weighted by Gasteiger charge is -2.35. The van der Waals surface area contributed by atoms with Crippen molar-refractivity contribution in [1.82, 2.24) is 24.6 Å². The molecule has 4 rings (SSSR count). The fraction of sp³-hybridized carbons (Fsp3) is 0.368. The zero-order valence-electron chi connectivity index (χ0n) is 16.5. The summed E-state index contributed by atoms with van der Waals surface area (Å²) >= 11 is 0. The SMILES string of the molecule is COc1cc(C(=O)N2CCN(c3ncnc4c3cnn4C)CC2)ccc1OC(F)F. The summed E-state index contributed by atoms with van der Waals surface area (Å²) in [7, 11) is 3.16. The van der Waals surface area contributed by atoms with Gasteiger partial charge in [0, 0.05) is 38.8 Å². The van der Waals surface area contributed by atoms with Gasteiger partial charge in [-0.3, -0.25) is 9.48 Å². The molecule has 1 aromatic carbocycles. The van der Waals surface area contributed by atoms with Gasteiger partial charge < -0.3 is 19.3 Å². The van der Waals surface area contributed by atoms with Gasteiger partial charge in [0.2, 0.25) is 0 Å². The summed E-state index contributed by atoms with van der Waals surface area (Å²) in [5, 5.41) is 5.09. The number of halogens is 2. The first kappa shape index (κ1) is 19.8. The Labute approximate surface area is 170 Å². The molecule has 30 heavy (non-hydrogen) atoms. The van der Waals surface area contributed by atoms with E-state index in [1.165, 1.54) is 31.6 Å². The molecule has 0 unspecified atom stereocenters. The van der Waals surface area contributed by atoms with Crippen LogP contribution >= 0.6 is 0 Å². The highest BCUT2D eigenvalue weighted by molar-refractivity contribution is 5.95. The van der Waals surface area contributed by atoms with E-state index in [2.05, 4.69) is 24.7 Å². The second-order valence-corrected chi connectivity index (χ2v) is 6.73. The largest absolute Gasteiger partial charge is 0.493 e. The fourth-order valence-corrected chi connectivity index (χ4v) is 3.50. The highest BCUT2D eigenvalue weighted by atomic mass is 19.3. The lowest BCUT2D eigenvalue weighted by molar-refractivity contribution is -0.0512. The number of aromatic nitrogens is 4. The molecule has 1 aliphatic heterocycles. The number of carbonyl (C=O) groups excluding carboxylic acids is 1. The molecule has 3 aromatic rings. The van der Waals surface area contributed by atoms with Gasteiger partial charge in [0.1, 0.15) is 12.1 Å². The van der Waals surface area contributed by atoms with Crippen molar-refractivity contribution in [3.63, 3.8) is 0 Å². The number of fused-ring (bicyclic) bond motifs is 1. The molecule has 1 amide bonds. The second-order valence-electron chi connectivity index (χ2n) is 6.73. The van der Waals surface area contributed by atoms with E-state index < -0.39 is 6.61 Å². The van der Waals surface area contributed by atoms with E-state index in [0.717, 1.165) is 16.9 Å². The van der Waals surface area contributed by atoms with E-state index in [0.29, 0.717) is 31.7 Å². The Hall–Kier alpha value is -3.50. The van der Waals surface area contributed by atoms with E-state index in [4.69, 9.17) is 4.74 Å². The van der Waals surface area contributed by atoms with E-state index in [-0.39, 0.29) is 17.4 Å². The number of nitrogens with zero attached hydrogens (tertiary/aromatic N) is 6. The van der Waals surface area contributed by atoms with Gasteiger partial charge in [-0.2, -0.15) is 13.9 Å². The van der Waals surface area contributed by atoms with Gasteiger partial charge in [-0.1, -0.05) is 0 Å². The topological polar surface area (TPSA) is 85.6 Å². The molecule has 0 N–H and O–H groups in total. The number of methoxy groups -OCH3 is 1. The number of piperazine rings is 1. The first-order chi connectivity index (χ1) is 14.5. The Morgan fingerprint density at radius 3 is 2.60 bits per heavy atom. The number of anilines is 1. The van der Waals surface area contributed by atoms with Crippen LogP contribution in [0.15, 0.2) is 30.7 Å². The number of benzene rings is 1. The molecule has 0 bridgehead atoms. The normalized spacial score (nSPS) is 14.4. The molecule has 1 saturated heterocycles. The molecule has 11 heteroatoms. The molecule has 0 atom stereocenters. The van der Waals surface area contributed by atoms with Crippen molar-refractivity contribution in [1.29, 1.82) is 0 Å². The van der Waals surface area contributed by atoms with Crippen LogP contribution < -0.4 is 14.4 Å². The highest BCUT2D eigenvalue weighted by Crippen LogP contribution is 2.30. The van der Waals surface area contributed by atoms with Crippen LogP contribution in [0.1, 0.15) is 10.4 Å². The minimum absolute atomic E-state index is 0.0831. The van der Waals surface area contributed by atoms with Gasteiger partial charge in [0.15, 0.2) is 17.1 Å². The number of hydrogen-bond acceptors (Lipinski definition) is 7. The number of amides is 1. The third kappa shape index (κ3) is 3.70. The summed E-state index contributed by atoms with van der Waals surface area (Å²) in [5.74, 6) is 0.555. The maximum atomic E-state index is 12.9. The lowest BCUT2D eigenvalue weighted by Crippen LogP contribution is -2.49. The van der Waals surface area contributed by atoms with Crippen molar-refractivity contribution in [2.75, 3.05) is 38.2 Å². The summed E-state index contributed by atoms with van der Waals surface area (Å²) in [5.41, 5.74) is 1.09. The monoisotopic (exact) mass is 418 g/mol. The van der Waals surface area contributed by atoms with E-state index in [1.807, 2.05) is 7.05 Å². The van der Waals surface area contributed by atoms with Gasteiger partial charge in [-0.15, -0.1) is 0 Å². The number of hydrogen-bond donors (Lipinski definition) is 0. The predicted octanol–water partition coefficient (Wildman–Crippen LogP) is 1.94. The minimum Gasteiger partial charge on any atom is -0.493 e. The first-order valence-electron chi connectivity index (χ1n) is 9.27. The van der Waals surface area contributed by atoms with E-state index >= 15 is 0 Å². The smallest absolute Gasteiger partial charge is 0.387 e. The number of aryl methyl sites for hydroxylation is 1. The molecule has 0 saturated carbocycles. The van der Waals surface area contributed by atoms with Crippen molar-refractivity contribution in [3.05, 3.63) is 36.3 Å². The number of ether oxygens (including phenoxy) is 2. The van der Waals surface area contributed by atoms with Gasteiger partial charge in [-0.25, -0.2) is 9.97 Å². The van der Waals surface area contributed by atoms with Crippen LogP contribution in [0.5, 0.6) is 11.5 Å². The minimum atomic E-state index is -2.97. The van der Waals surface area contributed by atoms with Gasteiger partial charge in [0.05, 0.1) is 18.7 Å². The summed E-state index contributed by atoms with van der Waals surface area (Å²) in [4.78, 5) is 25.3. The first-order valence-corrected chi connectivity index (χ1v) is 9.27. The molecule has 3 heterocycles. The fourth-order valence-electron chi connectivity index (χ4n) is 3.50. The molecule has 2 aromatic heterocycles. The number of rotatable bonds is 5. The molecule has 1 fully saturated rings. The summed E-state index contributed by atoms with van der Waals surface area (Å²) in [6.45, 7) is -0.807. The summed E-state index contributed by atoms with van der Waals surface area (Å²) < 4.78 is 36.2. The zero-order chi connectivity index (χ0) is 21.3. The van der Waals surface area contributed by atoms with Gasteiger partial charge in [0.25, 0.3) is 5.91 Å². The number of alkyl halides is 2. The Balaban J connectivity index is 1.47. The molecule has 158 valence electrons. The van der Waals surface area contributed by atoms with E-state index in [1.54, 1.807) is 15.8 Å². The van der Waals surface area contributed by atoms with Crippen LogP contribution in [0.4, 0.5) is 14.6 Å². The molecule has 0 aliphatic carbocycles. The van der Waals surface area contributed by atoms with Crippen molar-refractivity contribution in [3.8, 4) is 11.5 Å². The third-order valence-electron chi connectivity index (χ3n) is 5.00. The molecular weight excluding hydrogens is 398 g/mol. The van der Waals surface area contributed by atoms with Gasteiger partial charge >= 0.3 is 6.61 Å². The molecule has 0 spiro atoms. The van der Waals surface area contributed by atoms with Crippen LogP contribution in [-0.4, -0.2) is 70.5 Å². The zero-order valence-corrected chi connectivity index (χ0v) is 16.5. The lowest BCUT2D eigenvalue weighted by atomic mass is 10.1. The molecule has 9 nitrogen and oxygen atoms in total. The maximum Gasteiger partial charge on any atom is 0.387 e. The average molecular weight is 418 g/mol. The van der Waals surface area contributed by atoms with Crippen LogP contribution in [0, 0.1) is 0 Å². The third-order valence-corrected chi connectivity index (χ3v) is 5.00. The Morgan fingerprint density at radius 2 is 1.90 bits per heavy atom. The van der Waals surface area contributed by atoms with Crippen molar-refractivity contribution in [2.24, 2.45) is 7.05 Å². The molecular formula is C19H20F2N6O3.